The summed E-state index contributed by atoms with van der Waals surface area (Å²) in [7, 11) is 0. The third-order valence-electron chi connectivity index (χ3n) is 2.53. The Kier molecular flexibility index (Phi) is 4.50. The van der Waals surface area contributed by atoms with E-state index in [9.17, 15) is 9.18 Å². The molecule has 0 aliphatic carbocycles. The maximum absolute atomic E-state index is 12.9. The molecule has 0 bridgehead atoms. The van der Waals surface area contributed by atoms with E-state index in [4.69, 9.17) is 0 Å². The van der Waals surface area contributed by atoms with Crippen LogP contribution in [-0.2, 0) is 6.42 Å². The zero-order chi connectivity index (χ0) is 13.1. The van der Waals surface area contributed by atoms with Crippen LogP contribution in [0.15, 0.2) is 46.9 Å². The molecule has 0 N–H and O–H groups in total. The molecule has 4 heteroatoms. The Morgan fingerprint density at radius 3 is 2.44 bits per heavy atom. The number of carbonyl (C=O) groups is 1. The molecular formula is C14H9BrFIO. The molecule has 0 unspecified atom stereocenters. The summed E-state index contributed by atoms with van der Waals surface area (Å²) in [4.78, 5) is 12.0. The SMILES string of the molecule is O=C(Cc1ccc(F)cc1Br)c1ccc(I)cc1. The second-order valence-electron chi connectivity index (χ2n) is 3.84. The first-order valence-electron chi connectivity index (χ1n) is 5.29. The van der Waals surface area contributed by atoms with E-state index in [1.54, 1.807) is 6.07 Å². The molecule has 18 heavy (non-hydrogen) atoms. The van der Waals surface area contributed by atoms with Gasteiger partial charge in [0.25, 0.3) is 0 Å². The first-order chi connectivity index (χ1) is 8.56. The zero-order valence-electron chi connectivity index (χ0n) is 9.29. The van der Waals surface area contributed by atoms with Crippen molar-refractivity contribution in [2.45, 2.75) is 6.42 Å². The summed E-state index contributed by atoms with van der Waals surface area (Å²) in [6.07, 6.45) is 0.265. The van der Waals surface area contributed by atoms with Crippen LogP contribution in [0.5, 0.6) is 0 Å². The Bertz CT molecular complexity index is 581. The van der Waals surface area contributed by atoms with Gasteiger partial charge in [-0.3, -0.25) is 4.79 Å². The standard InChI is InChI=1S/C14H9BrFIO/c15-13-8-11(16)4-1-10(13)7-14(18)9-2-5-12(17)6-3-9/h1-6,8H,7H2. The van der Waals surface area contributed by atoms with Crippen molar-refractivity contribution < 1.29 is 9.18 Å². The lowest BCUT2D eigenvalue weighted by atomic mass is 10.0. The van der Waals surface area contributed by atoms with Gasteiger partial charge < -0.3 is 0 Å². The predicted octanol–water partition coefficient (Wildman–Crippen LogP) is 4.62. The van der Waals surface area contributed by atoms with E-state index in [-0.39, 0.29) is 18.0 Å². The summed E-state index contributed by atoms with van der Waals surface area (Å²) in [5.41, 5.74) is 1.46. The molecule has 0 aromatic heterocycles. The summed E-state index contributed by atoms with van der Waals surface area (Å²) in [5.74, 6) is -0.286. The number of rotatable bonds is 3. The highest BCUT2D eigenvalue weighted by atomic mass is 127. The second kappa shape index (κ2) is 5.93. The van der Waals surface area contributed by atoms with E-state index in [1.807, 2.05) is 24.3 Å². The van der Waals surface area contributed by atoms with Gasteiger partial charge in [0.15, 0.2) is 5.78 Å². The maximum Gasteiger partial charge on any atom is 0.167 e. The Morgan fingerprint density at radius 2 is 1.83 bits per heavy atom. The van der Waals surface area contributed by atoms with E-state index < -0.39 is 0 Å². The lowest BCUT2D eigenvalue weighted by molar-refractivity contribution is 0.0992. The highest BCUT2D eigenvalue weighted by Gasteiger charge is 2.09. The first-order valence-corrected chi connectivity index (χ1v) is 7.16. The van der Waals surface area contributed by atoms with Crippen LogP contribution in [0.4, 0.5) is 4.39 Å². The fourth-order valence-corrected chi connectivity index (χ4v) is 2.43. The van der Waals surface area contributed by atoms with E-state index in [0.717, 1.165) is 9.13 Å². The molecule has 2 aromatic carbocycles. The van der Waals surface area contributed by atoms with Gasteiger partial charge in [-0.25, -0.2) is 4.39 Å². The van der Waals surface area contributed by atoms with Gasteiger partial charge in [0, 0.05) is 20.0 Å². The van der Waals surface area contributed by atoms with Gasteiger partial charge in [-0.05, 0) is 52.4 Å². The van der Waals surface area contributed by atoms with E-state index in [1.165, 1.54) is 12.1 Å². The quantitative estimate of drug-likeness (QED) is 0.525. The van der Waals surface area contributed by atoms with E-state index in [2.05, 4.69) is 38.5 Å². The first kappa shape index (κ1) is 13.7. The minimum Gasteiger partial charge on any atom is -0.294 e. The van der Waals surface area contributed by atoms with Crippen molar-refractivity contribution in [1.29, 1.82) is 0 Å². The van der Waals surface area contributed by atoms with E-state index >= 15 is 0 Å². The van der Waals surface area contributed by atoms with Crippen LogP contribution in [0.2, 0.25) is 0 Å². The topological polar surface area (TPSA) is 17.1 Å². The van der Waals surface area contributed by atoms with Crippen LogP contribution in [0, 0.1) is 9.39 Å². The fraction of sp³-hybridized carbons (Fsp3) is 0.0714. The number of benzene rings is 2. The van der Waals surface area contributed by atoms with Crippen LogP contribution in [0.1, 0.15) is 15.9 Å². The van der Waals surface area contributed by atoms with Crippen molar-refractivity contribution in [3.63, 3.8) is 0 Å². The molecule has 0 heterocycles. The lowest BCUT2D eigenvalue weighted by Crippen LogP contribution is -2.04. The number of carbonyl (C=O) groups excluding carboxylic acids is 1. The Morgan fingerprint density at radius 1 is 1.17 bits per heavy atom. The molecule has 0 radical (unpaired) electrons. The number of ketones is 1. The molecule has 1 nitrogen and oxygen atoms in total. The number of Topliss-reactive ketones (excluding diaryl/α,β-unsaturated/α-hetero) is 1. The monoisotopic (exact) mass is 418 g/mol. The van der Waals surface area contributed by atoms with Crippen molar-refractivity contribution in [2.24, 2.45) is 0 Å². The zero-order valence-corrected chi connectivity index (χ0v) is 13.0. The average molecular weight is 419 g/mol. The summed E-state index contributed by atoms with van der Waals surface area (Å²) < 4.78 is 14.7. The van der Waals surface area contributed by atoms with Crippen LogP contribution < -0.4 is 0 Å². The molecule has 0 saturated carbocycles. The van der Waals surface area contributed by atoms with Gasteiger partial charge in [0.05, 0.1) is 0 Å². The molecule has 2 rings (SSSR count). The smallest absolute Gasteiger partial charge is 0.167 e. The lowest BCUT2D eigenvalue weighted by Gasteiger charge is -2.04. The van der Waals surface area contributed by atoms with Crippen molar-refractivity contribution in [2.75, 3.05) is 0 Å². The van der Waals surface area contributed by atoms with Gasteiger partial charge in [-0.2, -0.15) is 0 Å². The molecule has 0 aliphatic rings. The summed E-state index contributed by atoms with van der Waals surface area (Å²) in [6, 6.07) is 11.8. The Labute approximate surface area is 127 Å². The van der Waals surface area contributed by atoms with Crippen LogP contribution in [-0.4, -0.2) is 5.78 Å². The molecule has 0 aliphatic heterocycles. The highest BCUT2D eigenvalue weighted by molar-refractivity contribution is 14.1. The molecule has 0 saturated heterocycles. The van der Waals surface area contributed by atoms with Gasteiger partial charge in [-0.1, -0.05) is 34.1 Å². The van der Waals surface area contributed by atoms with Crippen molar-refractivity contribution in [1.82, 2.24) is 0 Å². The normalized spacial score (nSPS) is 10.4. The molecule has 0 amide bonds. The summed E-state index contributed by atoms with van der Waals surface area (Å²) in [5, 5.41) is 0. The molecule has 0 atom stereocenters. The minimum atomic E-state index is -0.313. The Hall–Kier alpha value is -0.750. The average Bonchev–Trinajstić information content (AvgIpc) is 2.33. The Balaban J connectivity index is 2.18. The van der Waals surface area contributed by atoms with E-state index in [0.29, 0.717) is 10.0 Å². The molecule has 2 aromatic rings. The predicted molar refractivity (Wildman–Crippen MR) is 81.3 cm³/mol. The van der Waals surface area contributed by atoms with Gasteiger partial charge in [0.2, 0.25) is 0 Å². The summed E-state index contributed by atoms with van der Waals surface area (Å²) >= 11 is 5.46. The molecule has 0 spiro atoms. The molecule has 92 valence electrons. The van der Waals surface area contributed by atoms with Crippen LogP contribution in [0.3, 0.4) is 0 Å². The van der Waals surface area contributed by atoms with Gasteiger partial charge in [0.1, 0.15) is 5.82 Å². The number of halogens is 3. The number of hydrogen-bond acceptors (Lipinski definition) is 1. The van der Waals surface area contributed by atoms with Crippen molar-refractivity contribution in [3.8, 4) is 0 Å². The molecule has 0 fully saturated rings. The largest absolute Gasteiger partial charge is 0.294 e. The van der Waals surface area contributed by atoms with Crippen LogP contribution >= 0.6 is 38.5 Å². The highest BCUT2D eigenvalue weighted by Crippen LogP contribution is 2.20. The van der Waals surface area contributed by atoms with Gasteiger partial charge in [-0.15, -0.1) is 0 Å². The van der Waals surface area contributed by atoms with Gasteiger partial charge >= 0.3 is 0 Å². The second-order valence-corrected chi connectivity index (χ2v) is 5.94. The number of hydrogen-bond donors (Lipinski definition) is 0. The fourth-order valence-electron chi connectivity index (χ4n) is 1.58. The maximum atomic E-state index is 12.9. The van der Waals surface area contributed by atoms with Crippen molar-refractivity contribution in [3.05, 3.63) is 67.5 Å². The molecular weight excluding hydrogens is 410 g/mol. The van der Waals surface area contributed by atoms with Crippen LogP contribution in [0.25, 0.3) is 0 Å². The third kappa shape index (κ3) is 3.38. The third-order valence-corrected chi connectivity index (χ3v) is 3.99. The van der Waals surface area contributed by atoms with Crippen molar-refractivity contribution >= 4 is 44.3 Å². The minimum absolute atomic E-state index is 0.0266. The summed E-state index contributed by atoms with van der Waals surface area (Å²) in [6.45, 7) is 0.